The van der Waals surface area contributed by atoms with Gasteiger partial charge in [-0.2, -0.15) is 0 Å². The summed E-state index contributed by atoms with van der Waals surface area (Å²) in [5.41, 5.74) is 7.87. The lowest BCUT2D eigenvalue weighted by molar-refractivity contribution is 0.769. The standard InChI is InChI=1S/C26H20/c1-4-12-20(13-5-1)26(21-14-6-2-7-15-21)24-18-9-3-8-16-22(24)23-17-10-11-19-25(23)26/h1-7,9-19H,8H2. The van der Waals surface area contributed by atoms with Crippen molar-refractivity contribution < 1.29 is 0 Å². The fourth-order valence-electron chi connectivity index (χ4n) is 4.57. The van der Waals surface area contributed by atoms with E-state index in [0.717, 1.165) is 6.42 Å². The summed E-state index contributed by atoms with van der Waals surface area (Å²) >= 11 is 0. The molecule has 3 aromatic rings. The molecule has 3 aromatic carbocycles. The maximum Gasteiger partial charge on any atom is 0.0713 e. The minimum Gasteiger partial charge on any atom is -0.0807 e. The highest BCUT2D eigenvalue weighted by Gasteiger charge is 2.47. The first-order valence-corrected chi connectivity index (χ1v) is 9.21. The molecule has 0 atom stereocenters. The predicted molar refractivity (Wildman–Crippen MR) is 109 cm³/mol. The van der Waals surface area contributed by atoms with Crippen molar-refractivity contribution in [1.29, 1.82) is 0 Å². The smallest absolute Gasteiger partial charge is 0.0713 e. The Morgan fingerprint density at radius 3 is 1.96 bits per heavy atom. The zero-order valence-electron chi connectivity index (χ0n) is 14.6. The van der Waals surface area contributed by atoms with E-state index < -0.39 is 0 Å². The largest absolute Gasteiger partial charge is 0.0807 e. The van der Waals surface area contributed by atoms with E-state index in [-0.39, 0.29) is 5.41 Å². The van der Waals surface area contributed by atoms with Crippen molar-refractivity contribution >= 4 is 5.57 Å². The fourth-order valence-corrected chi connectivity index (χ4v) is 4.57. The molecule has 0 heteroatoms. The van der Waals surface area contributed by atoms with Crippen LogP contribution in [0.4, 0.5) is 0 Å². The van der Waals surface area contributed by atoms with Gasteiger partial charge in [-0.3, -0.25) is 0 Å². The van der Waals surface area contributed by atoms with Crippen LogP contribution in [0, 0.1) is 0 Å². The van der Waals surface area contributed by atoms with E-state index in [9.17, 15) is 0 Å². The van der Waals surface area contributed by atoms with Gasteiger partial charge < -0.3 is 0 Å². The molecule has 124 valence electrons. The first-order valence-electron chi connectivity index (χ1n) is 9.21. The average molecular weight is 332 g/mol. The van der Waals surface area contributed by atoms with Gasteiger partial charge in [0, 0.05) is 0 Å². The molecule has 0 unspecified atom stereocenters. The summed E-state index contributed by atoms with van der Waals surface area (Å²) in [6.07, 6.45) is 10.1. The molecule has 0 saturated heterocycles. The van der Waals surface area contributed by atoms with Crippen molar-refractivity contribution in [3.05, 3.63) is 137 Å². The second kappa shape index (κ2) is 6.00. The minimum absolute atomic E-state index is 0.264. The predicted octanol–water partition coefficient (Wildman–Crippen LogP) is 6.30. The molecular formula is C26H20. The molecule has 2 aliphatic carbocycles. The molecule has 0 radical (unpaired) electrons. The molecule has 0 N–H and O–H groups in total. The Bertz CT molecular complexity index is 994. The van der Waals surface area contributed by atoms with Gasteiger partial charge in [0.2, 0.25) is 0 Å². The van der Waals surface area contributed by atoms with Gasteiger partial charge in [0.1, 0.15) is 0 Å². The third-order valence-electron chi connectivity index (χ3n) is 5.59. The Morgan fingerprint density at radius 1 is 0.654 bits per heavy atom. The molecule has 0 fully saturated rings. The van der Waals surface area contributed by atoms with E-state index in [2.05, 4.69) is 109 Å². The van der Waals surface area contributed by atoms with E-state index in [4.69, 9.17) is 0 Å². The second-order valence-corrected chi connectivity index (χ2v) is 6.89. The van der Waals surface area contributed by atoms with E-state index in [1.807, 2.05) is 0 Å². The van der Waals surface area contributed by atoms with Gasteiger partial charge in [-0.1, -0.05) is 109 Å². The zero-order valence-corrected chi connectivity index (χ0v) is 14.6. The van der Waals surface area contributed by atoms with E-state index in [1.165, 1.54) is 33.4 Å². The Kier molecular flexibility index (Phi) is 3.50. The first kappa shape index (κ1) is 15.2. The molecule has 26 heavy (non-hydrogen) atoms. The van der Waals surface area contributed by atoms with Crippen LogP contribution in [0.25, 0.3) is 5.57 Å². The molecule has 0 amide bonds. The van der Waals surface area contributed by atoms with Gasteiger partial charge in [-0.15, -0.1) is 0 Å². The monoisotopic (exact) mass is 332 g/mol. The Labute approximate surface area is 154 Å². The lowest BCUT2D eigenvalue weighted by Crippen LogP contribution is -2.28. The number of hydrogen-bond donors (Lipinski definition) is 0. The van der Waals surface area contributed by atoms with Gasteiger partial charge in [-0.05, 0) is 39.8 Å². The number of allylic oxidation sites excluding steroid dienone is 6. The van der Waals surface area contributed by atoms with Crippen LogP contribution in [0.2, 0.25) is 0 Å². The van der Waals surface area contributed by atoms with Crippen molar-refractivity contribution in [2.24, 2.45) is 0 Å². The van der Waals surface area contributed by atoms with Crippen LogP contribution in [0.1, 0.15) is 28.7 Å². The Morgan fingerprint density at radius 2 is 1.27 bits per heavy atom. The summed E-state index contributed by atoms with van der Waals surface area (Å²) in [6.45, 7) is 0. The van der Waals surface area contributed by atoms with Crippen molar-refractivity contribution in [3.8, 4) is 0 Å². The van der Waals surface area contributed by atoms with Crippen LogP contribution in [0.3, 0.4) is 0 Å². The van der Waals surface area contributed by atoms with Gasteiger partial charge in [0.05, 0.1) is 5.41 Å². The number of hydrogen-bond acceptors (Lipinski definition) is 0. The van der Waals surface area contributed by atoms with Gasteiger partial charge >= 0.3 is 0 Å². The molecule has 0 nitrogen and oxygen atoms in total. The first-order chi connectivity index (χ1) is 12.9. The molecular weight excluding hydrogens is 312 g/mol. The highest BCUT2D eigenvalue weighted by atomic mass is 14.5. The SMILES string of the molecule is C1=CCC=C2C(=C1)C(c1ccccc1)(c1ccccc1)c1ccccc12. The minimum atomic E-state index is -0.264. The highest BCUT2D eigenvalue weighted by molar-refractivity contribution is 5.94. The van der Waals surface area contributed by atoms with Gasteiger partial charge in [0.25, 0.3) is 0 Å². The third kappa shape index (κ3) is 2.02. The number of benzene rings is 3. The molecule has 0 aliphatic heterocycles. The highest BCUT2D eigenvalue weighted by Crippen LogP contribution is 2.57. The number of rotatable bonds is 2. The van der Waals surface area contributed by atoms with Gasteiger partial charge in [0.15, 0.2) is 0 Å². The van der Waals surface area contributed by atoms with E-state index in [0.29, 0.717) is 0 Å². The van der Waals surface area contributed by atoms with Crippen molar-refractivity contribution in [2.75, 3.05) is 0 Å². The van der Waals surface area contributed by atoms with E-state index >= 15 is 0 Å². The number of fused-ring (bicyclic) bond motifs is 3. The maximum atomic E-state index is 2.38. The van der Waals surface area contributed by atoms with Crippen LogP contribution in [-0.2, 0) is 5.41 Å². The quantitative estimate of drug-likeness (QED) is 0.516. The fraction of sp³-hybridized carbons (Fsp3) is 0.0769. The van der Waals surface area contributed by atoms with Crippen LogP contribution >= 0.6 is 0 Å². The summed E-state index contributed by atoms with van der Waals surface area (Å²) in [5, 5.41) is 0. The second-order valence-electron chi connectivity index (χ2n) is 6.89. The van der Waals surface area contributed by atoms with Crippen molar-refractivity contribution in [1.82, 2.24) is 0 Å². The summed E-state index contributed by atoms with van der Waals surface area (Å²) in [6, 6.07) is 30.8. The van der Waals surface area contributed by atoms with E-state index in [1.54, 1.807) is 0 Å². The normalized spacial score (nSPS) is 16.9. The molecule has 2 aliphatic rings. The molecule has 0 aromatic heterocycles. The Hall–Kier alpha value is -3.12. The maximum absolute atomic E-state index is 2.38. The molecule has 0 bridgehead atoms. The molecule has 0 heterocycles. The summed E-state index contributed by atoms with van der Waals surface area (Å²) < 4.78 is 0. The average Bonchev–Trinajstić information content (AvgIpc) is 2.84. The summed E-state index contributed by atoms with van der Waals surface area (Å²) in [4.78, 5) is 0. The van der Waals surface area contributed by atoms with Crippen LogP contribution in [-0.4, -0.2) is 0 Å². The molecule has 0 saturated carbocycles. The lowest BCUT2D eigenvalue weighted by Gasteiger charge is -2.34. The Balaban J connectivity index is 1.96. The topological polar surface area (TPSA) is 0 Å². The van der Waals surface area contributed by atoms with Crippen LogP contribution < -0.4 is 0 Å². The van der Waals surface area contributed by atoms with Crippen molar-refractivity contribution in [3.63, 3.8) is 0 Å². The summed E-state index contributed by atoms with van der Waals surface area (Å²) in [5.74, 6) is 0. The third-order valence-corrected chi connectivity index (χ3v) is 5.59. The van der Waals surface area contributed by atoms with Crippen LogP contribution in [0.5, 0.6) is 0 Å². The van der Waals surface area contributed by atoms with Gasteiger partial charge in [-0.25, -0.2) is 0 Å². The van der Waals surface area contributed by atoms with Crippen LogP contribution in [0.15, 0.2) is 115 Å². The zero-order chi connectivity index (χ0) is 17.4. The summed E-state index contributed by atoms with van der Waals surface area (Å²) in [7, 11) is 0. The molecule has 5 rings (SSSR count). The lowest BCUT2D eigenvalue weighted by atomic mass is 9.67. The van der Waals surface area contributed by atoms with Crippen molar-refractivity contribution in [2.45, 2.75) is 11.8 Å². The molecule has 0 spiro atoms.